The van der Waals surface area contributed by atoms with Gasteiger partial charge in [-0.2, -0.15) is 0 Å². The molecule has 0 bridgehead atoms. The Kier molecular flexibility index (Phi) is 5.06. The van der Waals surface area contributed by atoms with E-state index < -0.39 is 0 Å². The number of nitrogens with zero attached hydrogens (tertiary/aromatic N) is 4. The van der Waals surface area contributed by atoms with Crippen LogP contribution in [0.25, 0.3) is 121 Å². The molecule has 0 aliphatic rings. The smallest absolute Gasteiger partial charge is 0.235 e. The third-order valence-electron chi connectivity index (χ3n) is 11.4. The fourth-order valence-corrected chi connectivity index (χ4v) is 9.30. The van der Waals surface area contributed by atoms with E-state index in [2.05, 4.69) is 161 Å². The summed E-state index contributed by atoms with van der Waals surface area (Å²) in [4.78, 5) is 11.0. The fourth-order valence-electron chi connectivity index (χ4n) is 9.30. The summed E-state index contributed by atoms with van der Waals surface area (Å²) in [5.41, 5.74) is 10.3. The van der Waals surface area contributed by atoms with E-state index in [1.807, 2.05) is 6.07 Å². The fraction of sp³-hybridized carbons (Fsp3) is 0. The van der Waals surface area contributed by atoms with E-state index in [0.29, 0.717) is 5.95 Å². The third-order valence-corrected chi connectivity index (χ3v) is 11.4. The maximum Gasteiger partial charge on any atom is 0.235 e. The molecule has 0 amide bonds. The average Bonchev–Trinajstić information content (AvgIpc) is 3.84. The van der Waals surface area contributed by atoms with Crippen LogP contribution < -0.4 is 0 Å². The molecule has 0 fully saturated rings. The number of hydrogen-bond acceptors (Lipinski definition) is 3. The second-order valence-corrected chi connectivity index (χ2v) is 14.1. The molecule has 5 aromatic heterocycles. The van der Waals surface area contributed by atoms with E-state index >= 15 is 0 Å². The summed E-state index contributed by atoms with van der Waals surface area (Å²) in [6.07, 6.45) is 0. The molecule has 5 heterocycles. The molecule has 0 aliphatic heterocycles. The summed E-state index contributed by atoms with van der Waals surface area (Å²) in [5.74, 6) is 0.637. The third kappa shape index (κ3) is 3.42. The van der Waals surface area contributed by atoms with Crippen LogP contribution in [0.15, 0.2) is 162 Å². The van der Waals surface area contributed by atoms with Crippen LogP contribution in [-0.2, 0) is 0 Å². The lowest BCUT2D eigenvalue weighted by Crippen LogP contribution is -2.04. The van der Waals surface area contributed by atoms with E-state index in [1.54, 1.807) is 0 Å². The first-order chi connectivity index (χ1) is 26.3. The summed E-state index contributed by atoms with van der Waals surface area (Å²) in [6, 6.07) is 56.1. The summed E-state index contributed by atoms with van der Waals surface area (Å²) in [6.45, 7) is 0. The molecule has 5 nitrogen and oxygen atoms in total. The largest absolute Gasteiger partial charge is 0.455 e. The number of hydrogen-bond donors (Lipinski definition) is 0. The molecule has 0 spiro atoms. The van der Waals surface area contributed by atoms with Crippen LogP contribution in [0, 0.1) is 0 Å². The highest BCUT2D eigenvalue weighted by molar-refractivity contribution is 6.37. The molecule has 13 rings (SSSR count). The van der Waals surface area contributed by atoms with Crippen molar-refractivity contribution >= 4 is 104 Å². The summed E-state index contributed by atoms with van der Waals surface area (Å²) in [7, 11) is 0. The Morgan fingerprint density at radius 3 is 2.08 bits per heavy atom. The van der Waals surface area contributed by atoms with Crippen molar-refractivity contribution < 1.29 is 4.42 Å². The predicted octanol–water partition coefficient (Wildman–Crippen LogP) is 12.6. The van der Waals surface area contributed by atoms with Gasteiger partial charge in [-0.1, -0.05) is 121 Å². The lowest BCUT2D eigenvalue weighted by Gasteiger charge is -2.14. The van der Waals surface area contributed by atoms with Crippen LogP contribution >= 0.6 is 0 Å². The molecular formula is C48H26N4O. The van der Waals surface area contributed by atoms with Gasteiger partial charge in [-0.05, 0) is 47.2 Å². The number of aromatic nitrogens is 4. The maximum absolute atomic E-state index is 6.88. The minimum absolute atomic E-state index is 0.637. The van der Waals surface area contributed by atoms with Crippen molar-refractivity contribution in [2.75, 3.05) is 0 Å². The van der Waals surface area contributed by atoms with E-state index in [1.165, 1.54) is 27.2 Å². The molecule has 0 unspecified atom stereocenters. The van der Waals surface area contributed by atoms with Crippen LogP contribution in [0.2, 0.25) is 0 Å². The molecule has 0 saturated carbocycles. The second-order valence-electron chi connectivity index (χ2n) is 14.1. The average molecular weight is 675 g/mol. The van der Waals surface area contributed by atoms with Crippen molar-refractivity contribution in [2.24, 2.45) is 0 Å². The van der Waals surface area contributed by atoms with Crippen molar-refractivity contribution in [3.05, 3.63) is 158 Å². The van der Waals surface area contributed by atoms with E-state index in [4.69, 9.17) is 14.4 Å². The minimum Gasteiger partial charge on any atom is -0.455 e. The highest BCUT2D eigenvalue weighted by Gasteiger charge is 2.27. The SMILES string of the molecule is c1ccc(-c2nc(-n3c4cc5c6ccccc6oc5c5c6cccc7c8ccccc8n(c8cccc3c8c54)c76)nc3ccc4ccccc4c23)cc1. The Balaban J connectivity index is 1.31. The molecule has 244 valence electrons. The predicted molar refractivity (Wildman–Crippen MR) is 219 cm³/mol. The van der Waals surface area contributed by atoms with Crippen molar-refractivity contribution in [3.63, 3.8) is 0 Å². The van der Waals surface area contributed by atoms with Gasteiger partial charge in [0.1, 0.15) is 11.2 Å². The van der Waals surface area contributed by atoms with Crippen LogP contribution in [0.4, 0.5) is 0 Å². The van der Waals surface area contributed by atoms with E-state index in [9.17, 15) is 0 Å². The van der Waals surface area contributed by atoms with Crippen molar-refractivity contribution in [2.45, 2.75) is 0 Å². The highest BCUT2D eigenvalue weighted by Crippen LogP contribution is 2.48. The number of benzene rings is 8. The number of furan rings is 1. The van der Waals surface area contributed by atoms with Gasteiger partial charge in [0, 0.05) is 54.0 Å². The molecule has 0 saturated heterocycles. The van der Waals surface area contributed by atoms with Crippen LogP contribution in [-0.4, -0.2) is 18.9 Å². The van der Waals surface area contributed by atoms with Gasteiger partial charge in [0.15, 0.2) is 0 Å². The first-order valence-corrected chi connectivity index (χ1v) is 18.0. The topological polar surface area (TPSA) is 48.3 Å². The van der Waals surface area contributed by atoms with Gasteiger partial charge in [0.2, 0.25) is 5.95 Å². The maximum atomic E-state index is 6.88. The monoisotopic (exact) mass is 674 g/mol. The van der Waals surface area contributed by atoms with Crippen LogP contribution in [0.3, 0.4) is 0 Å². The Hall–Kier alpha value is -7.24. The molecule has 5 heteroatoms. The van der Waals surface area contributed by atoms with Gasteiger partial charge in [0.25, 0.3) is 0 Å². The van der Waals surface area contributed by atoms with Gasteiger partial charge < -0.3 is 8.82 Å². The van der Waals surface area contributed by atoms with Crippen molar-refractivity contribution in [3.8, 4) is 17.2 Å². The second kappa shape index (κ2) is 9.75. The zero-order valence-corrected chi connectivity index (χ0v) is 28.2. The Labute approximate surface area is 300 Å². The Bertz CT molecular complexity index is 3680. The van der Waals surface area contributed by atoms with Gasteiger partial charge in [-0.25, -0.2) is 9.97 Å². The Morgan fingerprint density at radius 1 is 0.434 bits per heavy atom. The highest BCUT2D eigenvalue weighted by atomic mass is 16.3. The first-order valence-electron chi connectivity index (χ1n) is 18.0. The normalized spacial score (nSPS) is 12.5. The van der Waals surface area contributed by atoms with Crippen molar-refractivity contribution in [1.29, 1.82) is 0 Å². The molecule has 0 aliphatic carbocycles. The zero-order valence-electron chi connectivity index (χ0n) is 28.2. The van der Waals surface area contributed by atoms with Crippen LogP contribution in [0.1, 0.15) is 0 Å². The standard InChI is InChI=1S/C48H26N4O/c1-2-13-28(14-3-1)45-41-29-15-5-4-12-27(29)24-25-35(41)49-48(50-45)52-38-22-11-21-37-43(38)44-39(52)26-34-31-17-7-9-23-40(31)53-47(34)42(44)33-19-10-18-32-30-16-6-8-20-36(30)51(37)46(32)33/h1-26H. The van der Waals surface area contributed by atoms with Gasteiger partial charge in [-0.3, -0.25) is 4.57 Å². The van der Waals surface area contributed by atoms with E-state index in [0.717, 1.165) is 87.6 Å². The molecular weight excluding hydrogens is 649 g/mol. The number of rotatable bonds is 2. The lowest BCUT2D eigenvalue weighted by atomic mass is 10.0. The molecule has 13 aromatic rings. The summed E-state index contributed by atoms with van der Waals surface area (Å²) >= 11 is 0. The van der Waals surface area contributed by atoms with E-state index in [-0.39, 0.29) is 0 Å². The zero-order chi connectivity index (χ0) is 34.4. The molecule has 0 radical (unpaired) electrons. The molecule has 0 N–H and O–H groups in total. The molecule has 8 aromatic carbocycles. The molecule has 53 heavy (non-hydrogen) atoms. The number of para-hydroxylation sites is 3. The van der Waals surface area contributed by atoms with Crippen LogP contribution in [0.5, 0.6) is 0 Å². The summed E-state index contributed by atoms with van der Waals surface area (Å²) < 4.78 is 11.6. The lowest BCUT2D eigenvalue weighted by molar-refractivity contribution is 0.673. The summed E-state index contributed by atoms with van der Waals surface area (Å²) in [5, 5.41) is 12.5. The van der Waals surface area contributed by atoms with Crippen molar-refractivity contribution in [1.82, 2.24) is 18.9 Å². The van der Waals surface area contributed by atoms with Gasteiger partial charge in [-0.15, -0.1) is 0 Å². The van der Waals surface area contributed by atoms with Gasteiger partial charge >= 0.3 is 0 Å². The minimum atomic E-state index is 0.637. The quantitative estimate of drug-likeness (QED) is 0.172. The number of fused-ring (bicyclic) bond motifs is 12. The first kappa shape index (κ1) is 27.5. The van der Waals surface area contributed by atoms with Gasteiger partial charge in [0.05, 0.1) is 38.8 Å². The molecule has 0 atom stereocenters. The Morgan fingerprint density at radius 2 is 1.15 bits per heavy atom.